The van der Waals surface area contributed by atoms with Gasteiger partial charge in [0.2, 0.25) is 0 Å². The summed E-state index contributed by atoms with van der Waals surface area (Å²) in [5.41, 5.74) is 0.798. The Morgan fingerprint density at radius 1 is 1.38 bits per heavy atom. The lowest BCUT2D eigenvalue weighted by molar-refractivity contribution is 0.0792. The van der Waals surface area contributed by atoms with Crippen molar-refractivity contribution in [2.24, 2.45) is 0 Å². The third-order valence-corrected chi connectivity index (χ3v) is 3.44. The molecule has 1 fully saturated rings. The van der Waals surface area contributed by atoms with E-state index in [0.717, 1.165) is 32.4 Å². The maximum atomic E-state index is 12.3. The van der Waals surface area contributed by atoms with Crippen LogP contribution in [0.5, 0.6) is 0 Å². The Bertz CT molecular complexity index is 499. The first-order valence-corrected chi connectivity index (χ1v) is 7.25. The zero-order chi connectivity index (χ0) is 15.1. The highest BCUT2D eigenvalue weighted by atomic mass is 16.5. The van der Waals surface area contributed by atoms with Gasteiger partial charge in [-0.25, -0.2) is 0 Å². The Labute approximate surface area is 124 Å². The van der Waals surface area contributed by atoms with Gasteiger partial charge in [0.25, 0.3) is 11.8 Å². The maximum absolute atomic E-state index is 12.3. The number of nitrogens with one attached hydrogen (secondary N) is 1. The summed E-state index contributed by atoms with van der Waals surface area (Å²) in [6.45, 7) is 2.71. The second-order valence-corrected chi connectivity index (χ2v) is 5.03. The smallest absolute Gasteiger partial charge is 0.269 e. The van der Waals surface area contributed by atoms with Gasteiger partial charge in [0, 0.05) is 45.1 Å². The molecule has 0 radical (unpaired) electrons. The topological polar surface area (TPSA) is 71.5 Å². The van der Waals surface area contributed by atoms with Crippen LogP contribution in [0, 0.1) is 0 Å². The zero-order valence-corrected chi connectivity index (χ0v) is 12.3. The van der Waals surface area contributed by atoms with E-state index in [-0.39, 0.29) is 17.5 Å². The molecule has 2 heterocycles. The highest BCUT2D eigenvalue weighted by Crippen LogP contribution is 2.13. The standard InChI is InChI=1S/C15H21N3O3/c1-21-10-4-6-17-14(19)13-11-12(5-7-16-13)15(20)18-8-2-3-9-18/h5,7,11H,2-4,6,8-10H2,1H3,(H,17,19). The number of methoxy groups -OCH3 is 1. The van der Waals surface area contributed by atoms with Gasteiger partial charge in [-0.1, -0.05) is 0 Å². The number of hydrogen-bond donors (Lipinski definition) is 1. The fourth-order valence-electron chi connectivity index (χ4n) is 2.30. The summed E-state index contributed by atoms with van der Waals surface area (Å²) in [4.78, 5) is 30.1. The number of carbonyl (C=O) groups excluding carboxylic acids is 2. The van der Waals surface area contributed by atoms with Crippen LogP contribution in [0.15, 0.2) is 18.3 Å². The third-order valence-electron chi connectivity index (χ3n) is 3.44. The van der Waals surface area contributed by atoms with Crippen LogP contribution in [0.3, 0.4) is 0 Å². The van der Waals surface area contributed by atoms with E-state index >= 15 is 0 Å². The zero-order valence-electron chi connectivity index (χ0n) is 12.3. The van der Waals surface area contributed by atoms with Gasteiger partial charge in [0.1, 0.15) is 5.69 Å². The number of ether oxygens (including phenoxy) is 1. The average Bonchev–Trinajstić information content (AvgIpc) is 3.05. The quantitative estimate of drug-likeness (QED) is 0.796. The van der Waals surface area contributed by atoms with Gasteiger partial charge in [0.05, 0.1) is 0 Å². The number of rotatable bonds is 6. The molecule has 0 atom stereocenters. The Morgan fingerprint density at radius 3 is 2.86 bits per heavy atom. The highest BCUT2D eigenvalue weighted by molar-refractivity contribution is 5.98. The van der Waals surface area contributed by atoms with Crippen LogP contribution in [-0.4, -0.2) is 55.0 Å². The summed E-state index contributed by atoms with van der Waals surface area (Å²) < 4.78 is 4.92. The van der Waals surface area contributed by atoms with E-state index in [9.17, 15) is 9.59 Å². The second kappa shape index (κ2) is 7.73. The first-order chi connectivity index (χ1) is 10.2. The van der Waals surface area contributed by atoms with Crippen molar-refractivity contribution in [2.45, 2.75) is 19.3 Å². The third kappa shape index (κ3) is 4.26. The van der Waals surface area contributed by atoms with Crippen LogP contribution < -0.4 is 5.32 Å². The SMILES string of the molecule is COCCCNC(=O)c1cc(C(=O)N2CCCC2)ccn1. The van der Waals surface area contributed by atoms with E-state index in [4.69, 9.17) is 4.74 Å². The van der Waals surface area contributed by atoms with Gasteiger partial charge >= 0.3 is 0 Å². The fourth-order valence-corrected chi connectivity index (χ4v) is 2.30. The summed E-state index contributed by atoms with van der Waals surface area (Å²) in [6.07, 6.45) is 4.34. The molecule has 21 heavy (non-hydrogen) atoms. The fraction of sp³-hybridized carbons (Fsp3) is 0.533. The van der Waals surface area contributed by atoms with Crippen molar-refractivity contribution >= 4 is 11.8 Å². The van der Waals surface area contributed by atoms with E-state index in [2.05, 4.69) is 10.3 Å². The van der Waals surface area contributed by atoms with Crippen LogP contribution in [0.1, 0.15) is 40.1 Å². The molecule has 2 rings (SSSR count). The van der Waals surface area contributed by atoms with Gasteiger partial charge in [-0.05, 0) is 31.4 Å². The van der Waals surface area contributed by atoms with Crippen molar-refractivity contribution < 1.29 is 14.3 Å². The normalized spacial score (nSPS) is 14.2. The van der Waals surface area contributed by atoms with E-state index in [1.165, 1.54) is 6.20 Å². The van der Waals surface area contributed by atoms with Gasteiger partial charge in [0.15, 0.2) is 0 Å². The Balaban J connectivity index is 1.96. The van der Waals surface area contributed by atoms with Crippen molar-refractivity contribution in [3.05, 3.63) is 29.6 Å². The van der Waals surface area contributed by atoms with E-state index in [1.807, 2.05) is 4.90 Å². The molecule has 114 valence electrons. The summed E-state index contributed by atoms with van der Waals surface area (Å²) in [7, 11) is 1.62. The van der Waals surface area contributed by atoms with Crippen molar-refractivity contribution in [2.75, 3.05) is 33.4 Å². The Morgan fingerprint density at radius 2 is 2.14 bits per heavy atom. The number of likely N-dealkylation sites (tertiary alicyclic amines) is 1. The molecule has 0 aliphatic carbocycles. The van der Waals surface area contributed by atoms with Crippen molar-refractivity contribution in [3.63, 3.8) is 0 Å². The molecule has 0 unspecified atom stereocenters. The molecule has 1 aromatic heterocycles. The second-order valence-electron chi connectivity index (χ2n) is 5.03. The molecule has 1 aliphatic heterocycles. The highest BCUT2D eigenvalue weighted by Gasteiger charge is 2.20. The van der Waals surface area contributed by atoms with Gasteiger partial charge in [-0.2, -0.15) is 0 Å². The molecule has 0 bridgehead atoms. The van der Waals surface area contributed by atoms with Crippen molar-refractivity contribution in [1.82, 2.24) is 15.2 Å². The van der Waals surface area contributed by atoms with Crippen LogP contribution in [-0.2, 0) is 4.74 Å². The molecular weight excluding hydrogens is 270 g/mol. The van der Waals surface area contributed by atoms with Crippen molar-refractivity contribution in [3.8, 4) is 0 Å². The summed E-state index contributed by atoms with van der Waals surface area (Å²) in [6, 6.07) is 3.22. The van der Waals surface area contributed by atoms with Crippen LogP contribution in [0.2, 0.25) is 0 Å². The molecule has 0 saturated carbocycles. The molecular formula is C15H21N3O3. The molecule has 1 aliphatic rings. The van der Waals surface area contributed by atoms with Crippen LogP contribution in [0.25, 0.3) is 0 Å². The van der Waals surface area contributed by atoms with E-state index in [0.29, 0.717) is 18.7 Å². The minimum Gasteiger partial charge on any atom is -0.385 e. The van der Waals surface area contributed by atoms with Gasteiger partial charge in [-0.3, -0.25) is 14.6 Å². The number of aromatic nitrogens is 1. The van der Waals surface area contributed by atoms with Crippen molar-refractivity contribution in [1.29, 1.82) is 0 Å². The minimum absolute atomic E-state index is 0.0247. The largest absolute Gasteiger partial charge is 0.385 e. The molecule has 2 amide bonds. The number of amides is 2. The molecule has 6 heteroatoms. The van der Waals surface area contributed by atoms with Crippen LogP contribution >= 0.6 is 0 Å². The number of carbonyl (C=O) groups is 2. The monoisotopic (exact) mass is 291 g/mol. The summed E-state index contributed by atoms with van der Waals surface area (Å²) >= 11 is 0. The summed E-state index contributed by atoms with van der Waals surface area (Å²) in [5.74, 6) is -0.287. The lowest BCUT2D eigenvalue weighted by Crippen LogP contribution is -2.29. The lowest BCUT2D eigenvalue weighted by atomic mass is 10.2. The molecule has 1 saturated heterocycles. The van der Waals surface area contributed by atoms with Gasteiger partial charge < -0.3 is 15.0 Å². The molecule has 1 aromatic rings. The molecule has 0 spiro atoms. The van der Waals surface area contributed by atoms with Gasteiger partial charge in [-0.15, -0.1) is 0 Å². The van der Waals surface area contributed by atoms with Crippen LogP contribution in [0.4, 0.5) is 0 Å². The predicted octanol–water partition coefficient (Wildman–Crippen LogP) is 1.08. The first kappa shape index (κ1) is 15.4. The number of hydrogen-bond acceptors (Lipinski definition) is 4. The maximum Gasteiger partial charge on any atom is 0.269 e. The molecule has 6 nitrogen and oxygen atoms in total. The summed E-state index contributed by atoms with van der Waals surface area (Å²) in [5, 5.41) is 2.76. The number of pyridine rings is 1. The predicted molar refractivity (Wildman–Crippen MR) is 78.2 cm³/mol. The number of nitrogens with zero attached hydrogens (tertiary/aromatic N) is 2. The Hall–Kier alpha value is -1.95. The lowest BCUT2D eigenvalue weighted by Gasteiger charge is -2.15. The van der Waals surface area contributed by atoms with E-state index < -0.39 is 0 Å². The minimum atomic E-state index is -0.262. The molecule has 1 N–H and O–H groups in total. The van der Waals surface area contributed by atoms with E-state index in [1.54, 1.807) is 19.2 Å². The molecule has 0 aromatic carbocycles. The average molecular weight is 291 g/mol. The first-order valence-electron chi connectivity index (χ1n) is 7.25. The Kier molecular flexibility index (Phi) is 5.68.